The molecular weight excluding hydrogens is 214 g/mol. The summed E-state index contributed by atoms with van der Waals surface area (Å²) < 4.78 is 5.63. The predicted molar refractivity (Wildman–Crippen MR) is 67.6 cm³/mol. The van der Waals surface area contributed by atoms with Gasteiger partial charge in [-0.1, -0.05) is 32.1 Å². The molecule has 0 aliphatic heterocycles. The Morgan fingerprint density at radius 2 is 1.47 bits per heavy atom. The van der Waals surface area contributed by atoms with Gasteiger partial charge >= 0.3 is 5.97 Å². The maximum atomic E-state index is 12.2. The first-order valence-corrected chi connectivity index (χ1v) is 7.21. The highest BCUT2D eigenvalue weighted by atomic mass is 16.5. The van der Waals surface area contributed by atoms with E-state index in [0.29, 0.717) is 0 Å². The van der Waals surface area contributed by atoms with Gasteiger partial charge in [0.2, 0.25) is 0 Å². The first kappa shape index (κ1) is 12.9. The Balaban J connectivity index is 1.88. The number of carbonyl (C=O) groups is 1. The molecule has 2 rings (SSSR count). The van der Waals surface area contributed by atoms with E-state index in [9.17, 15) is 4.79 Å². The van der Waals surface area contributed by atoms with Gasteiger partial charge in [-0.05, 0) is 38.5 Å². The summed E-state index contributed by atoms with van der Waals surface area (Å²) in [6, 6.07) is 0. The van der Waals surface area contributed by atoms with Crippen LogP contribution in [0.25, 0.3) is 0 Å². The molecule has 0 saturated heterocycles. The molecule has 2 N–H and O–H groups in total. The van der Waals surface area contributed by atoms with Gasteiger partial charge in [-0.2, -0.15) is 0 Å². The zero-order chi connectivity index (χ0) is 12.1. The lowest BCUT2D eigenvalue weighted by molar-refractivity contribution is -0.157. The molecule has 0 unspecified atom stereocenters. The van der Waals surface area contributed by atoms with Crippen molar-refractivity contribution < 1.29 is 9.53 Å². The van der Waals surface area contributed by atoms with Crippen LogP contribution in [0.2, 0.25) is 0 Å². The summed E-state index contributed by atoms with van der Waals surface area (Å²) >= 11 is 0. The second kappa shape index (κ2) is 5.85. The first-order chi connectivity index (χ1) is 8.21. The lowest BCUT2D eigenvalue weighted by atomic mass is 9.91. The predicted octanol–water partition coefficient (Wildman–Crippen LogP) is 2.91. The van der Waals surface area contributed by atoms with E-state index in [2.05, 4.69) is 0 Å². The number of esters is 1. The highest BCUT2D eigenvalue weighted by Crippen LogP contribution is 2.28. The maximum absolute atomic E-state index is 12.2. The molecule has 0 spiro atoms. The Morgan fingerprint density at radius 3 is 2.06 bits per heavy atom. The van der Waals surface area contributed by atoms with Crippen LogP contribution in [0, 0.1) is 0 Å². The second-order valence-electron chi connectivity index (χ2n) is 5.74. The molecule has 0 radical (unpaired) electrons. The molecule has 3 nitrogen and oxygen atoms in total. The average molecular weight is 239 g/mol. The number of hydrogen-bond acceptors (Lipinski definition) is 3. The van der Waals surface area contributed by atoms with Crippen molar-refractivity contribution in [1.82, 2.24) is 0 Å². The smallest absolute Gasteiger partial charge is 0.326 e. The fourth-order valence-corrected chi connectivity index (χ4v) is 3.02. The molecule has 17 heavy (non-hydrogen) atoms. The summed E-state index contributed by atoms with van der Waals surface area (Å²) in [5.41, 5.74) is 5.56. The third kappa shape index (κ3) is 3.44. The zero-order valence-corrected chi connectivity index (χ0v) is 10.7. The van der Waals surface area contributed by atoms with Crippen LogP contribution in [-0.4, -0.2) is 17.6 Å². The van der Waals surface area contributed by atoms with Gasteiger partial charge < -0.3 is 10.5 Å². The highest BCUT2D eigenvalue weighted by Gasteiger charge is 2.37. The van der Waals surface area contributed by atoms with Gasteiger partial charge in [0.15, 0.2) is 0 Å². The van der Waals surface area contributed by atoms with Crippen molar-refractivity contribution in [2.45, 2.75) is 82.3 Å². The molecule has 0 atom stereocenters. The van der Waals surface area contributed by atoms with Crippen LogP contribution in [0.3, 0.4) is 0 Å². The number of nitrogens with two attached hydrogens (primary N) is 1. The molecule has 2 aliphatic rings. The Labute approximate surface area is 104 Å². The Kier molecular flexibility index (Phi) is 4.43. The van der Waals surface area contributed by atoms with Crippen molar-refractivity contribution in [3.05, 3.63) is 0 Å². The molecule has 0 aromatic rings. The summed E-state index contributed by atoms with van der Waals surface area (Å²) in [5.74, 6) is -0.133. The zero-order valence-electron chi connectivity index (χ0n) is 10.7. The van der Waals surface area contributed by atoms with E-state index in [-0.39, 0.29) is 12.1 Å². The summed E-state index contributed by atoms with van der Waals surface area (Å²) in [6.45, 7) is 0. The minimum atomic E-state index is -0.687. The fourth-order valence-electron chi connectivity index (χ4n) is 3.02. The van der Waals surface area contributed by atoms with Gasteiger partial charge in [-0.15, -0.1) is 0 Å². The van der Waals surface area contributed by atoms with Crippen molar-refractivity contribution in [2.75, 3.05) is 0 Å². The van der Waals surface area contributed by atoms with Gasteiger partial charge in [0.05, 0.1) is 0 Å². The number of hydrogen-bond donors (Lipinski definition) is 1. The Bertz CT molecular complexity index is 251. The summed E-state index contributed by atoms with van der Waals surface area (Å²) in [4.78, 5) is 12.2. The number of carbonyl (C=O) groups excluding carboxylic acids is 1. The van der Waals surface area contributed by atoms with Gasteiger partial charge in [0, 0.05) is 0 Å². The Hall–Kier alpha value is -0.570. The third-order valence-electron chi connectivity index (χ3n) is 4.23. The van der Waals surface area contributed by atoms with Crippen molar-refractivity contribution in [3.8, 4) is 0 Å². The SMILES string of the molecule is NC1(C(=O)OC2CCCCC2)CCCCCC1. The normalized spacial score (nSPS) is 26.2. The lowest BCUT2D eigenvalue weighted by Gasteiger charge is -2.30. The van der Waals surface area contributed by atoms with E-state index in [1.54, 1.807) is 0 Å². The Morgan fingerprint density at radius 1 is 0.941 bits per heavy atom. The maximum Gasteiger partial charge on any atom is 0.326 e. The largest absolute Gasteiger partial charge is 0.461 e. The van der Waals surface area contributed by atoms with Gasteiger partial charge in [-0.25, -0.2) is 0 Å². The lowest BCUT2D eigenvalue weighted by Crippen LogP contribution is -2.49. The third-order valence-corrected chi connectivity index (χ3v) is 4.23. The van der Waals surface area contributed by atoms with E-state index in [4.69, 9.17) is 10.5 Å². The number of ether oxygens (including phenoxy) is 1. The molecule has 0 aromatic carbocycles. The van der Waals surface area contributed by atoms with Gasteiger partial charge in [0.25, 0.3) is 0 Å². The highest BCUT2D eigenvalue weighted by molar-refractivity contribution is 5.80. The first-order valence-electron chi connectivity index (χ1n) is 7.21. The van der Waals surface area contributed by atoms with E-state index >= 15 is 0 Å². The molecule has 2 fully saturated rings. The van der Waals surface area contributed by atoms with Crippen LogP contribution in [0.1, 0.15) is 70.6 Å². The van der Waals surface area contributed by atoms with Gasteiger partial charge in [0.1, 0.15) is 11.6 Å². The average Bonchev–Trinajstić information content (AvgIpc) is 2.56. The van der Waals surface area contributed by atoms with Crippen LogP contribution in [-0.2, 0) is 9.53 Å². The topological polar surface area (TPSA) is 52.3 Å². The molecule has 0 heterocycles. The van der Waals surface area contributed by atoms with Crippen molar-refractivity contribution in [2.24, 2.45) is 5.73 Å². The monoisotopic (exact) mass is 239 g/mol. The summed E-state index contributed by atoms with van der Waals surface area (Å²) in [6.07, 6.45) is 12.0. The van der Waals surface area contributed by atoms with Crippen LogP contribution in [0.15, 0.2) is 0 Å². The molecule has 0 amide bonds. The molecule has 3 heteroatoms. The quantitative estimate of drug-likeness (QED) is 0.595. The van der Waals surface area contributed by atoms with Crippen LogP contribution >= 0.6 is 0 Å². The minimum absolute atomic E-state index is 0.133. The standard InChI is InChI=1S/C14H25NO2/c15-14(10-6-1-2-7-11-14)13(16)17-12-8-4-3-5-9-12/h12H,1-11,15H2. The van der Waals surface area contributed by atoms with Crippen LogP contribution in [0.4, 0.5) is 0 Å². The molecule has 2 aliphatic carbocycles. The van der Waals surface area contributed by atoms with Gasteiger partial charge in [-0.3, -0.25) is 4.79 Å². The summed E-state index contributed by atoms with van der Waals surface area (Å²) in [5, 5.41) is 0. The van der Waals surface area contributed by atoms with E-state index in [1.165, 1.54) is 32.1 Å². The van der Waals surface area contributed by atoms with Crippen molar-refractivity contribution in [1.29, 1.82) is 0 Å². The molecule has 0 bridgehead atoms. The minimum Gasteiger partial charge on any atom is -0.461 e. The molecule has 2 saturated carbocycles. The van der Waals surface area contributed by atoms with Crippen LogP contribution < -0.4 is 5.73 Å². The van der Waals surface area contributed by atoms with E-state index < -0.39 is 5.54 Å². The van der Waals surface area contributed by atoms with Crippen LogP contribution in [0.5, 0.6) is 0 Å². The summed E-state index contributed by atoms with van der Waals surface area (Å²) in [7, 11) is 0. The fraction of sp³-hybridized carbons (Fsp3) is 0.929. The number of rotatable bonds is 2. The van der Waals surface area contributed by atoms with Crippen molar-refractivity contribution >= 4 is 5.97 Å². The second-order valence-corrected chi connectivity index (χ2v) is 5.74. The van der Waals surface area contributed by atoms with Crippen molar-refractivity contribution in [3.63, 3.8) is 0 Å². The molecule has 98 valence electrons. The van der Waals surface area contributed by atoms with E-state index in [1.807, 2.05) is 0 Å². The molecular formula is C14H25NO2. The molecule has 0 aromatic heterocycles. The van der Waals surface area contributed by atoms with E-state index in [0.717, 1.165) is 38.5 Å².